The Bertz CT molecular complexity index is 2010. The molecule has 54 heavy (non-hydrogen) atoms. The van der Waals surface area contributed by atoms with E-state index in [1.54, 1.807) is 12.4 Å². The Hall–Kier alpha value is -6.06. The fourth-order valence-corrected chi connectivity index (χ4v) is 12.4. The van der Waals surface area contributed by atoms with Crippen LogP contribution in [0.5, 0.6) is 0 Å². The number of aryl methyl sites for hydroxylation is 1. The van der Waals surface area contributed by atoms with Crippen molar-refractivity contribution < 1.29 is 59.8 Å². The number of carbonyl (C=O) groups excluding carboxylic acids is 7. The van der Waals surface area contributed by atoms with Gasteiger partial charge in [-0.15, -0.1) is 0 Å². The minimum absolute atomic E-state index is 0.181. The van der Waals surface area contributed by atoms with Crippen LogP contribution in [0, 0.1) is 6.92 Å². The Morgan fingerprint density at radius 3 is 1.87 bits per heavy atom. The van der Waals surface area contributed by atoms with E-state index in [0.717, 1.165) is 17.2 Å². The first-order valence-corrected chi connectivity index (χ1v) is 19.1. The van der Waals surface area contributed by atoms with Crippen molar-refractivity contribution in [2.45, 2.75) is 30.7 Å². The molecule has 1 amide bonds. The lowest BCUT2D eigenvalue weighted by Gasteiger charge is -2.71. The van der Waals surface area contributed by atoms with E-state index >= 15 is 0 Å². The van der Waals surface area contributed by atoms with Crippen LogP contribution in [0.3, 0.4) is 0 Å². The van der Waals surface area contributed by atoms with E-state index in [1.165, 1.54) is 0 Å². The molecule has 284 valence electrons. The van der Waals surface area contributed by atoms with E-state index in [2.05, 4.69) is 25.2 Å². The molecule has 2 spiro atoms. The number of amides is 1. The van der Waals surface area contributed by atoms with Gasteiger partial charge < -0.3 is 36.4 Å². The maximum Gasteiger partial charge on any atom is 0.486 e. The predicted octanol–water partition coefficient (Wildman–Crippen LogP) is -0.614. The predicted molar refractivity (Wildman–Crippen MR) is 181 cm³/mol. The number of nitrogens with one attached hydrogen (secondary N) is 1. The molecule has 8 rings (SSSR count). The van der Waals surface area contributed by atoms with E-state index in [4.69, 9.17) is 26.2 Å². The quantitative estimate of drug-likeness (QED) is 0.383. The summed E-state index contributed by atoms with van der Waals surface area (Å²) in [5.74, 6) is -9.73. The summed E-state index contributed by atoms with van der Waals surface area (Å²) >= 11 is 0. The van der Waals surface area contributed by atoms with Crippen molar-refractivity contribution in [1.82, 2.24) is 29.9 Å². The van der Waals surface area contributed by atoms with Crippen LogP contribution in [0.2, 0.25) is 0 Å². The number of pyridine rings is 1. The van der Waals surface area contributed by atoms with Crippen LogP contribution in [-0.4, -0.2) is 129 Å². The van der Waals surface area contributed by atoms with Gasteiger partial charge in [0.2, 0.25) is 5.91 Å². The van der Waals surface area contributed by atoms with Gasteiger partial charge in [0.1, 0.15) is 11.6 Å². The highest BCUT2D eigenvalue weighted by Gasteiger charge is 2.96. The number of rotatable bonds is 4. The number of nitrogens with zero attached hydrogens (tertiary/aromatic N) is 6. The van der Waals surface area contributed by atoms with Gasteiger partial charge in [0.25, 0.3) is 9.42 Å². The van der Waals surface area contributed by atoms with Gasteiger partial charge in [0.05, 0.1) is 17.4 Å². The molecule has 2 aromatic heterocycles. The van der Waals surface area contributed by atoms with Crippen LogP contribution < -0.4 is 10.2 Å². The second kappa shape index (κ2) is 12.0. The molecule has 0 unspecified atom stereocenters. The smallest absolute Gasteiger partial charge is 0.384 e. The molecule has 0 aliphatic carbocycles. The van der Waals surface area contributed by atoms with Crippen LogP contribution in [0.1, 0.15) is 12.1 Å². The van der Waals surface area contributed by atoms with E-state index in [-0.39, 0.29) is 12.5 Å². The third-order valence-electron chi connectivity index (χ3n) is 9.90. The number of hydrogen-bond acceptors (Lipinski definition) is 18. The summed E-state index contributed by atoms with van der Waals surface area (Å²) in [6.45, 7) is 4.05. The second-order valence-corrected chi connectivity index (χ2v) is 17.5. The number of hydrogen-bond donors (Lipinski definition) is 1. The number of esters is 2. The zero-order chi connectivity index (χ0) is 37.9. The van der Waals surface area contributed by atoms with Crippen LogP contribution in [0.4, 0.5) is 5.82 Å². The number of aromatic nitrogens is 3. The highest BCUT2D eigenvalue weighted by molar-refractivity contribution is 8.52. The molecule has 6 aliphatic heterocycles. The van der Waals surface area contributed by atoms with E-state index < -0.39 is 74.7 Å². The number of anilines is 1. The largest absolute Gasteiger partial charge is 0.486 e. The first kappa shape index (κ1) is 35.0. The molecular weight excluding hydrogens is 734 g/mol. The van der Waals surface area contributed by atoms with Crippen molar-refractivity contribution in [2.75, 3.05) is 49.9 Å². The first-order chi connectivity index (χ1) is 25.8. The molecule has 20 nitrogen and oxygen atoms in total. The highest BCUT2D eigenvalue weighted by atomic mass is 32.4. The van der Waals surface area contributed by atoms with Gasteiger partial charge in [-0.3, -0.25) is 14.7 Å². The van der Waals surface area contributed by atoms with Gasteiger partial charge in [-0.2, -0.15) is 5.10 Å². The summed E-state index contributed by atoms with van der Waals surface area (Å²) in [6.07, 6.45) is 7.12. The lowest BCUT2D eigenvalue weighted by atomic mass is 10.1. The van der Waals surface area contributed by atoms with Crippen LogP contribution in [0.15, 0.2) is 67.0 Å². The SMILES string of the molecule is Cc1cc(N2CCN([C@@H]3CN[C@H](C(=O)N4CCS56(OC(=O)C=CC(=O)O5)(OC(=O)C=CC(=O)O6)C45OC(=O)C=CC(=O)O5)C3)CC2)n(-c2ccncc2)n1. The minimum atomic E-state index is -7.34. The summed E-state index contributed by atoms with van der Waals surface area (Å²) in [4.78, 5) is 103. The zero-order valence-electron chi connectivity index (χ0n) is 28.6. The topological polar surface area (TPSA) is 227 Å². The average Bonchev–Trinajstić information content (AvgIpc) is 3.76. The molecule has 6 aliphatic rings. The van der Waals surface area contributed by atoms with Gasteiger partial charge in [0, 0.05) is 100 Å². The van der Waals surface area contributed by atoms with Crippen LogP contribution in [-0.2, 0) is 59.8 Å². The normalized spacial score (nSPS) is 28.0. The van der Waals surface area contributed by atoms with Gasteiger partial charge >= 0.3 is 41.1 Å². The minimum Gasteiger partial charge on any atom is -0.384 e. The summed E-state index contributed by atoms with van der Waals surface area (Å²) in [5.41, 5.74) is 1.73. The van der Waals surface area contributed by atoms with Crippen molar-refractivity contribution in [1.29, 1.82) is 0 Å². The molecule has 21 heteroatoms. The summed E-state index contributed by atoms with van der Waals surface area (Å²) in [5, 5.41) is 4.23. The molecule has 1 N–H and O–H groups in total. The lowest BCUT2D eigenvalue weighted by molar-refractivity contribution is -0.247. The number of piperazine rings is 1. The standard InChI is InChI=1S/C33H33N7O13S/c1-21-18-25(40(36-21)22-8-10-34-11-9-22)38-14-12-37(13-15-38)23-19-24(35-20-23)32(47)39-16-17-54(50-28(43)4-5-29(44)51-54,52-30(45)6-7-31(46)53-54)33(39)48-26(41)2-3-27(42)49-33/h2-11,18,23-24,35H,12-17,19-20H2,1H3/t23-,24-/m0/s1. The third kappa shape index (κ3) is 5.10. The fraction of sp³-hybridized carbons (Fsp3) is 0.364. The van der Waals surface area contributed by atoms with Gasteiger partial charge in [-0.25, -0.2) is 38.3 Å². The van der Waals surface area contributed by atoms with Gasteiger partial charge in [-0.1, -0.05) is 0 Å². The third-order valence-corrected chi connectivity index (χ3v) is 14.8. The van der Waals surface area contributed by atoms with Gasteiger partial charge in [0.15, 0.2) is 0 Å². The monoisotopic (exact) mass is 767 g/mol. The molecule has 2 aromatic rings. The van der Waals surface area contributed by atoms with Crippen molar-refractivity contribution in [3.63, 3.8) is 0 Å². The summed E-state index contributed by atoms with van der Waals surface area (Å²) in [7, 11) is -7.34. The Kier molecular flexibility index (Phi) is 7.76. The molecule has 0 saturated carbocycles. The van der Waals surface area contributed by atoms with E-state index in [0.29, 0.717) is 74.1 Å². The Morgan fingerprint density at radius 1 is 0.778 bits per heavy atom. The maximum atomic E-state index is 14.7. The lowest BCUT2D eigenvalue weighted by Crippen LogP contribution is -2.70. The van der Waals surface area contributed by atoms with Crippen molar-refractivity contribution in [3.8, 4) is 5.69 Å². The molecular formula is C33H33N7O13S. The van der Waals surface area contributed by atoms with Gasteiger partial charge in [-0.05, 0) is 25.5 Å². The average molecular weight is 768 g/mol. The van der Waals surface area contributed by atoms with Crippen molar-refractivity contribution >= 4 is 57.0 Å². The fourth-order valence-electron chi connectivity index (χ4n) is 7.57. The molecule has 3 saturated heterocycles. The summed E-state index contributed by atoms with van der Waals surface area (Å²) < 4.78 is 35.7. The van der Waals surface area contributed by atoms with Crippen molar-refractivity contribution in [3.05, 3.63) is 72.7 Å². The Morgan fingerprint density at radius 2 is 1.31 bits per heavy atom. The molecule has 0 aromatic carbocycles. The first-order valence-electron chi connectivity index (χ1n) is 16.8. The number of ether oxygens (including phenoxy) is 2. The van der Waals surface area contributed by atoms with Crippen LogP contribution >= 0.6 is 9.42 Å². The van der Waals surface area contributed by atoms with E-state index in [9.17, 15) is 33.6 Å². The highest BCUT2D eigenvalue weighted by Crippen LogP contribution is 3.01. The Balaban J connectivity index is 1.09. The molecule has 0 bridgehead atoms. The molecule has 8 heterocycles. The second-order valence-electron chi connectivity index (χ2n) is 13.2. The van der Waals surface area contributed by atoms with Crippen LogP contribution in [0.25, 0.3) is 5.69 Å². The van der Waals surface area contributed by atoms with E-state index in [1.807, 2.05) is 29.8 Å². The Labute approximate surface area is 305 Å². The number of carbonyl (C=O) groups is 7. The molecule has 0 radical (unpaired) electrons. The van der Waals surface area contributed by atoms with Crippen molar-refractivity contribution in [2.24, 2.45) is 0 Å². The zero-order valence-corrected chi connectivity index (χ0v) is 29.4. The maximum absolute atomic E-state index is 14.7. The molecule has 3 fully saturated rings. The summed E-state index contributed by atoms with van der Waals surface area (Å²) in [6, 6.07) is 4.51. The molecule has 2 atom stereocenters.